The molecule has 0 spiro atoms. The number of hydrogen-bond acceptors (Lipinski definition) is 7. The summed E-state index contributed by atoms with van der Waals surface area (Å²) in [7, 11) is -4.66. The Balaban J connectivity index is 3.95. The van der Waals surface area contributed by atoms with Crippen LogP contribution in [-0.2, 0) is 4.52 Å². The summed E-state index contributed by atoms with van der Waals surface area (Å²) in [6, 6.07) is 0. The Bertz CT molecular complexity index is 153. The molecule has 2 atom stereocenters. The monoisotopic (exact) mass is 218 g/mol. The standard InChI is InChI=1S/C5H15O7P/c1-5(8,3-6)4(7)2-12-13(9,10)11/h4,6-11,13H,2-3H2,1H3. The molecule has 8 heteroatoms. The van der Waals surface area contributed by atoms with Crippen molar-refractivity contribution in [1.82, 2.24) is 0 Å². The zero-order chi connectivity index (χ0) is 10.7. The van der Waals surface area contributed by atoms with Crippen LogP contribution < -0.4 is 0 Å². The van der Waals surface area contributed by atoms with Gasteiger partial charge in [-0.25, -0.2) is 0 Å². The van der Waals surface area contributed by atoms with Gasteiger partial charge in [0, 0.05) is 0 Å². The van der Waals surface area contributed by atoms with Crippen LogP contribution in [0.5, 0.6) is 0 Å². The minimum atomic E-state index is -4.66. The van der Waals surface area contributed by atoms with Crippen molar-refractivity contribution < 1.29 is 34.5 Å². The predicted octanol–water partition coefficient (Wildman–Crippen LogP) is -2.51. The topological polar surface area (TPSA) is 131 Å². The molecule has 0 fully saturated rings. The SMILES string of the molecule is CC(O)(CO)C(O)CO[PH](O)(O)O. The molecule has 0 aliphatic heterocycles. The molecule has 0 aliphatic rings. The van der Waals surface area contributed by atoms with Gasteiger partial charge in [-0.3, -0.25) is 0 Å². The molecule has 82 valence electrons. The van der Waals surface area contributed by atoms with Gasteiger partial charge in [-0.05, 0) is 0 Å². The fourth-order valence-electron chi connectivity index (χ4n) is 0.476. The quantitative estimate of drug-likeness (QED) is 0.281. The number of aliphatic hydroxyl groups is 3. The molecular weight excluding hydrogens is 203 g/mol. The Morgan fingerprint density at radius 2 is 1.85 bits per heavy atom. The van der Waals surface area contributed by atoms with E-state index >= 15 is 0 Å². The first-order valence-corrected chi connectivity index (χ1v) is 5.26. The summed E-state index contributed by atoms with van der Waals surface area (Å²) in [5, 5.41) is 26.8. The summed E-state index contributed by atoms with van der Waals surface area (Å²) in [4.78, 5) is 25.1. The Morgan fingerprint density at radius 1 is 1.38 bits per heavy atom. The first-order valence-electron chi connectivity index (χ1n) is 3.51. The minimum absolute atomic E-state index is 0.677. The van der Waals surface area contributed by atoms with Crippen molar-refractivity contribution in [3.05, 3.63) is 0 Å². The van der Waals surface area contributed by atoms with Crippen LogP contribution in [-0.4, -0.2) is 54.9 Å². The summed E-state index contributed by atoms with van der Waals surface area (Å²) in [5.41, 5.74) is -1.81. The van der Waals surface area contributed by atoms with Crippen molar-refractivity contribution in [3.8, 4) is 0 Å². The molecule has 0 rings (SSSR count). The van der Waals surface area contributed by atoms with Gasteiger partial charge >= 0.3 is 74.5 Å². The number of rotatable bonds is 5. The Labute approximate surface area is 75.5 Å². The van der Waals surface area contributed by atoms with Crippen LogP contribution in [0.1, 0.15) is 6.92 Å². The van der Waals surface area contributed by atoms with E-state index in [4.69, 9.17) is 24.9 Å². The molecule has 0 aromatic heterocycles. The Morgan fingerprint density at radius 3 is 2.15 bits per heavy atom. The van der Waals surface area contributed by atoms with Gasteiger partial charge in [0.1, 0.15) is 0 Å². The fourth-order valence-corrected chi connectivity index (χ4v) is 0.857. The molecule has 0 amide bonds. The van der Waals surface area contributed by atoms with E-state index in [0.29, 0.717) is 0 Å². The first kappa shape index (κ1) is 13.2. The maximum atomic E-state index is 9.18. The van der Waals surface area contributed by atoms with E-state index in [0.717, 1.165) is 6.92 Å². The van der Waals surface area contributed by atoms with Crippen molar-refractivity contribution in [2.45, 2.75) is 18.6 Å². The molecule has 0 aromatic rings. The molecule has 6 N–H and O–H groups in total. The van der Waals surface area contributed by atoms with Crippen molar-refractivity contribution in [2.24, 2.45) is 0 Å². The molecule has 0 radical (unpaired) electrons. The van der Waals surface area contributed by atoms with E-state index in [1.807, 2.05) is 0 Å². The molecule has 0 heterocycles. The molecule has 0 aliphatic carbocycles. The van der Waals surface area contributed by atoms with Crippen LogP contribution in [0, 0.1) is 0 Å². The normalized spacial score (nSPS) is 20.8. The average molecular weight is 218 g/mol. The third-order valence-electron chi connectivity index (χ3n) is 1.47. The summed E-state index contributed by atoms with van der Waals surface area (Å²) in [5.74, 6) is 0. The third-order valence-corrected chi connectivity index (χ3v) is 2.03. The van der Waals surface area contributed by atoms with Crippen molar-refractivity contribution >= 4 is 8.17 Å². The summed E-state index contributed by atoms with van der Waals surface area (Å²) in [6.45, 7) is -0.256. The van der Waals surface area contributed by atoms with Gasteiger partial charge in [0.15, 0.2) is 0 Å². The molecular formula is C5H15O7P. The second-order valence-electron chi connectivity index (χ2n) is 2.92. The van der Waals surface area contributed by atoms with Crippen molar-refractivity contribution in [1.29, 1.82) is 0 Å². The van der Waals surface area contributed by atoms with Gasteiger partial charge in [-0.2, -0.15) is 0 Å². The van der Waals surface area contributed by atoms with Crippen LogP contribution >= 0.6 is 8.17 Å². The van der Waals surface area contributed by atoms with E-state index in [1.54, 1.807) is 0 Å². The molecule has 0 aromatic carbocycles. The zero-order valence-electron chi connectivity index (χ0n) is 7.08. The average Bonchev–Trinajstić information content (AvgIpc) is 1.98. The molecule has 13 heavy (non-hydrogen) atoms. The maximum absolute atomic E-state index is 9.18. The molecule has 7 nitrogen and oxygen atoms in total. The van der Waals surface area contributed by atoms with Gasteiger partial charge in [0.05, 0.1) is 0 Å². The van der Waals surface area contributed by atoms with Crippen LogP contribution in [0.15, 0.2) is 0 Å². The predicted molar refractivity (Wildman–Crippen MR) is 44.6 cm³/mol. The van der Waals surface area contributed by atoms with Gasteiger partial charge in [0.25, 0.3) is 0 Å². The van der Waals surface area contributed by atoms with Crippen LogP contribution in [0.4, 0.5) is 0 Å². The summed E-state index contributed by atoms with van der Waals surface area (Å²) < 4.78 is 4.06. The van der Waals surface area contributed by atoms with Gasteiger partial charge in [-0.1, -0.05) is 0 Å². The van der Waals surface area contributed by atoms with E-state index in [9.17, 15) is 5.11 Å². The van der Waals surface area contributed by atoms with Gasteiger partial charge in [0.2, 0.25) is 0 Å². The Hall–Kier alpha value is 0.150. The summed E-state index contributed by atoms with van der Waals surface area (Å²) >= 11 is 0. The zero-order valence-corrected chi connectivity index (χ0v) is 8.08. The van der Waals surface area contributed by atoms with E-state index < -0.39 is 33.1 Å². The molecule has 0 saturated carbocycles. The third kappa shape index (κ3) is 5.45. The second-order valence-corrected chi connectivity index (χ2v) is 4.35. The van der Waals surface area contributed by atoms with E-state index in [2.05, 4.69) is 4.52 Å². The van der Waals surface area contributed by atoms with Crippen LogP contribution in [0.25, 0.3) is 0 Å². The van der Waals surface area contributed by atoms with E-state index in [-0.39, 0.29) is 0 Å². The van der Waals surface area contributed by atoms with Crippen molar-refractivity contribution in [3.63, 3.8) is 0 Å². The van der Waals surface area contributed by atoms with Gasteiger partial charge in [-0.15, -0.1) is 0 Å². The molecule has 2 unspecified atom stereocenters. The second kappa shape index (κ2) is 4.59. The molecule has 0 saturated heterocycles. The Kier molecular flexibility index (Phi) is 4.64. The number of aliphatic hydroxyl groups excluding tert-OH is 2. The van der Waals surface area contributed by atoms with Crippen molar-refractivity contribution in [2.75, 3.05) is 13.2 Å². The van der Waals surface area contributed by atoms with E-state index in [1.165, 1.54) is 0 Å². The fraction of sp³-hybridized carbons (Fsp3) is 1.00. The number of hydrogen-bond donors (Lipinski definition) is 6. The van der Waals surface area contributed by atoms with Gasteiger partial charge < -0.3 is 0 Å². The first-order chi connectivity index (χ1) is 5.69. The molecule has 0 bridgehead atoms. The summed E-state index contributed by atoms with van der Waals surface area (Å²) in [6.07, 6.45) is -1.52. The van der Waals surface area contributed by atoms with Crippen LogP contribution in [0.3, 0.4) is 0 Å². The van der Waals surface area contributed by atoms with Crippen LogP contribution in [0.2, 0.25) is 0 Å².